The number of benzene rings is 1. The molecule has 3 N–H and O–H groups in total. The van der Waals surface area contributed by atoms with E-state index in [1.807, 2.05) is 0 Å². The Morgan fingerprint density at radius 3 is 2.53 bits per heavy atom. The molecule has 0 aliphatic rings. The van der Waals surface area contributed by atoms with Gasteiger partial charge >= 0.3 is 11.6 Å². The molecule has 0 aliphatic carbocycles. The van der Waals surface area contributed by atoms with Crippen molar-refractivity contribution in [2.75, 3.05) is 0 Å². The molecule has 17 heavy (non-hydrogen) atoms. The zero-order valence-electron chi connectivity index (χ0n) is 8.10. The van der Waals surface area contributed by atoms with Crippen molar-refractivity contribution in [2.45, 2.75) is 0 Å². The van der Waals surface area contributed by atoms with E-state index in [4.69, 9.17) is 5.11 Å². The van der Waals surface area contributed by atoms with Crippen LogP contribution in [0.4, 0.5) is 0 Å². The molecule has 0 aliphatic heterocycles. The highest BCUT2D eigenvalue weighted by Crippen LogP contribution is 2.36. The Morgan fingerprint density at radius 1 is 1.29 bits per heavy atom. The Kier molecular flexibility index (Phi) is 2.55. The van der Waals surface area contributed by atoms with E-state index in [2.05, 4.69) is 20.3 Å². The summed E-state index contributed by atoms with van der Waals surface area (Å²) < 4.78 is 4.66. The minimum absolute atomic E-state index is 0.00782. The van der Waals surface area contributed by atoms with Gasteiger partial charge in [-0.25, -0.2) is 9.59 Å². The number of carboxylic acid groups (broad SMARTS) is 1. The van der Waals surface area contributed by atoms with Crippen LogP contribution in [0, 0.1) is 0 Å². The Balaban J connectivity index is 3.01. The number of carboxylic acids is 1. The standard InChI is InChI=1S/C10H5BrO6/c11-6-3-1-2-4(12)7(13)8(3)17-10(16)5(6)9(14)15/h1-2,12-13H,(H,14,15). The van der Waals surface area contributed by atoms with Crippen LogP contribution < -0.4 is 5.63 Å². The topological polar surface area (TPSA) is 108 Å². The molecular formula is C10H5BrO6. The predicted molar refractivity (Wildman–Crippen MR) is 60.5 cm³/mol. The van der Waals surface area contributed by atoms with Crippen LogP contribution in [0.25, 0.3) is 11.0 Å². The summed E-state index contributed by atoms with van der Waals surface area (Å²) >= 11 is 2.96. The fourth-order valence-electron chi connectivity index (χ4n) is 1.39. The zero-order valence-corrected chi connectivity index (χ0v) is 9.69. The van der Waals surface area contributed by atoms with Crippen LogP contribution in [0.2, 0.25) is 0 Å². The largest absolute Gasteiger partial charge is 0.504 e. The van der Waals surface area contributed by atoms with E-state index >= 15 is 0 Å². The normalized spacial score (nSPS) is 10.6. The van der Waals surface area contributed by atoms with Gasteiger partial charge in [-0.2, -0.15) is 0 Å². The van der Waals surface area contributed by atoms with E-state index in [9.17, 15) is 19.8 Å². The van der Waals surface area contributed by atoms with Crippen molar-refractivity contribution in [3.05, 3.63) is 32.6 Å². The Morgan fingerprint density at radius 2 is 1.94 bits per heavy atom. The third-order valence-corrected chi connectivity index (χ3v) is 3.00. The number of carbonyl (C=O) groups is 1. The maximum absolute atomic E-state index is 11.4. The molecular weight excluding hydrogens is 296 g/mol. The van der Waals surface area contributed by atoms with Crippen molar-refractivity contribution in [1.82, 2.24) is 0 Å². The lowest BCUT2D eigenvalue weighted by Gasteiger charge is -2.05. The first-order chi connectivity index (χ1) is 7.93. The first-order valence-electron chi connectivity index (χ1n) is 4.34. The first kappa shape index (κ1) is 11.5. The van der Waals surface area contributed by atoms with Crippen LogP contribution in [0.1, 0.15) is 10.4 Å². The van der Waals surface area contributed by atoms with E-state index in [0.717, 1.165) is 6.07 Å². The number of fused-ring (bicyclic) bond motifs is 1. The van der Waals surface area contributed by atoms with Gasteiger partial charge in [0.15, 0.2) is 16.9 Å². The highest BCUT2D eigenvalue weighted by Gasteiger charge is 2.21. The number of aromatic carboxylic acids is 1. The summed E-state index contributed by atoms with van der Waals surface area (Å²) in [5.41, 5.74) is -1.95. The highest BCUT2D eigenvalue weighted by molar-refractivity contribution is 9.10. The van der Waals surface area contributed by atoms with Gasteiger partial charge in [0, 0.05) is 5.39 Å². The SMILES string of the molecule is O=C(O)c1c(Br)c2ccc(O)c(O)c2oc1=O. The fourth-order valence-corrected chi connectivity index (χ4v) is 2.03. The molecule has 0 atom stereocenters. The molecule has 6 nitrogen and oxygen atoms in total. The molecule has 0 amide bonds. The summed E-state index contributed by atoms with van der Waals surface area (Å²) in [4.78, 5) is 22.2. The minimum Gasteiger partial charge on any atom is -0.504 e. The van der Waals surface area contributed by atoms with E-state index in [-0.39, 0.29) is 15.4 Å². The molecule has 88 valence electrons. The average Bonchev–Trinajstić information content (AvgIpc) is 2.23. The van der Waals surface area contributed by atoms with Gasteiger partial charge in [-0.15, -0.1) is 0 Å². The van der Waals surface area contributed by atoms with E-state index < -0.39 is 28.7 Å². The summed E-state index contributed by atoms with van der Waals surface area (Å²) in [5.74, 6) is -2.52. The van der Waals surface area contributed by atoms with Gasteiger partial charge in [0.1, 0.15) is 0 Å². The lowest BCUT2D eigenvalue weighted by molar-refractivity contribution is 0.0691. The number of hydrogen-bond donors (Lipinski definition) is 3. The van der Waals surface area contributed by atoms with Crippen molar-refractivity contribution in [1.29, 1.82) is 0 Å². The lowest BCUT2D eigenvalue weighted by atomic mass is 10.1. The number of aromatic hydroxyl groups is 2. The molecule has 1 aromatic carbocycles. The number of hydrogen-bond acceptors (Lipinski definition) is 5. The molecule has 0 spiro atoms. The monoisotopic (exact) mass is 300 g/mol. The second-order valence-corrected chi connectivity index (χ2v) is 3.99. The summed E-state index contributed by atoms with van der Waals surface area (Å²) in [6, 6.07) is 2.48. The summed E-state index contributed by atoms with van der Waals surface area (Å²) in [6.45, 7) is 0. The maximum Gasteiger partial charge on any atom is 0.352 e. The maximum atomic E-state index is 11.4. The lowest BCUT2D eigenvalue weighted by Crippen LogP contribution is -2.14. The highest BCUT2D eigenvalue weighted by atomic mass is 79.9. The summed E-state index contributed by atoms with van der Waals surface area (Å²) in [6.07, 6.45) is 0. The van der Waals surface area contributed by atoms with Gasteiger partial charge in [-0.1, -0.05) is 0 Å². The van der Waals surface area contributed by atoms with E-state index in [1.165, 1.54) is 6.07 Å². The van der Waals surface area contributed by atoms with Gasteiger partial charge in [-0.3, -0.25) is 0 Å². The molecule has 0 radical (unpaired) electrons. The van der Waals surface area contributed by atoms with Crippen LogP contribution in [0.5, 0.6) is 11.5 Å². The zero-order chi connectivity index (χ0) is 12.7. The quantitative estimate of drug-likeness (QED) is 0.546. The number of phenols is 2. The van der Waals surface area contributed by atoms with E-state index in [1.54, 1.807) is 0 Å². The fraction of sp³-hybridized carbons (Fsp3) is 0. The number of halogens is 1. The van der Waals surface area contributed by atoms with Crippen LogP contribution in [-0.4, -0.2) is 21.3 Å². The predicted octanol–water partition coefficient (Wildman–Crippen LogP) is 1.66. The Labute approximate surface area is 102 Å². The molecule has 0 unspecified atom stereocenters. The first-order valence-corrected chi connectivity index (χ1v) is 5.13. The van der Waals surface area contributed by atoms with Gasteiger partial charge in [0.25, 0.3) is 0 Å². The third kappa shape index (κ3) is 1.64. The molecule has 0 fully saturated rings. The van der Waals surface area contributed by atoms with Gasteiger partial charge in [0.2, 0.25) is 5.75 Å². The molecule has 0 saturated heterocycles. The second kappa shape index (κ2) is 3.77. The molecule has 2 aromatic rings. The van der Waals surface area contributed by atoms with Crippen molar-refractivity contribution >= 4 is 32.9 Å². The molecule has 7 heteroatoms. The van der Waals surface area contributed by atoms with Gasteiger partial charge < -0.3 is 19.7 Å². The molecule has 1 aromatic heterocycles. The van der Waals surface area contributed by atoms with Crippen molar-refractivity contribution < 1.29 is 24.5 Å². The average molecular weight is 301 g/mol. The van der Waals surface area contributed by atoms with Crippen molar-refractivity contribution in [3.63, 3.8) is 0 Å². The third-order valence-electron chi connectivity index (χ3n) is 2.18. The number of rotatable bonds is 1. The van der Waals surface area contributed by atoms with Gasteiger partial charge in [-0.05, 0) is 28.1 Å². The molecule has 1 heterocycles. The summed E-state index contributed by atoms with van der Waals surface area (Å²) in [5, 5.41) is 27.7. The number of phenolic OH excluding ortho intramolecular Hbond substituents is 2. The minimum atomic E-state index is -1.44. The molecule has 0 saturated carbocycles. The second-order valence-electron chi connectivity index (χ2n) is 3.19. The van der Waals surface area contributed by atoms with Crippen LogP contribution >= 0.6 is 15.9 Å². The van der Waals surface area contributed by atoms with Crippen LogP contribution in [0.15, 0.2) is 25.8 Å². The van der Waals surface area contributed by atoms with Crippen molar-refractivity contribution in [3.8, 4) is 11.5 Å². The molecule has 2 rings (SSSR count). The summed E-state index contributed by atoms with van der Waals surface area (Å²) in [7, 11) is 0. The smallest absolute Gasteiger partial charge is 0.352 e. The Hall–Kier alpha value is -2.02. The van der Waals surface area contributed by atoms with Gasteiger partial charge in [0.05, 0.1) is 4.47 Å². The van der Waals surface area contributed by atoms with Crippen LogP contribution in [-0.2, 0) is 0 Å². The molecule has 0 bridgehead atoms. The van der Waals surface area contributed by atoms with Crippen molar-refractivity contribution in [2.24, 2.45) is 0 Å². The Bertz CT molecular complexity index is 687. The van der Waals surface area contributed by atoms with E-state index in [0.29, 0.717) is 0 Å². The van der Waals surface area contributed by atoms with Crippen LogP contribution in [0.3, 0.4) is 0 Å².